The van der Waals surface area contributed by atoms with Gasteiger partial charge in [-0.15, -0.1) is 11.6 Å². The first-order valence-corrected chi connectivity index (χ1v) is 6.14. The molecule has 0 unspecified atom stereocenters. The summed E-state index contributed by atoms with van der Waals surface area (Å²) in [5, 5.41) is 3.04. The normalized spacial score (nSPS) is 17.6. The molecule has 1 amide bonds. The second kappa shape index (κ2) is 4.46. The van der Waals surface area contributed by atoms with Gasteiger partial charge in [-0.1, -0.05) is 17.7 Å². The van der Waals surface area contributed by atoms with Crippen LogP contribution in [0.4, 0.5) is 0 Å². The van der Waals surface area contributed by atoms with E-state index in [1.54, 1.807) is 0 Å². The van der Waals surface area contributed by atoms with E-state index in [1.165, 1.54) is 0 Å². The number of benzene rings is 1. The first kappa shape index (κ1) is 11.5. The van der Waals surface area contributed by atoms with Gasteiger partial charge in [0.15, 0.2) is 0 Å². The number of alkyl halides is 1. The maximum atomic E-state index is 12.0. The average molecular weight is 238 g/mol. The molecule has 1 aromatic carbocycles. The zero-order chi connectivity index (χ0) is 11.6. The highest BCUT2D eigenvalue weighted by molar-refractivity contribution is 6.19. The van der Waals surface area contributed by atoms with Crippen LogP contribution in [0.25, 0.3) is 0 Å². The third-order valence-electron chi connectivity index (χ3n) is 3.26. The zero-order valence-corrected chi connectivity index (χ0v) is 10.2. The average Bonchev–Trinajstić information content (AvgIpc) is 2.24. The van der Waals surface area contributed by atoms with Gasteiger partial charge in [0.25, 0.3) is 5.91 Å². The molecule has 1 saturated carbocycles. The second-order valence-corrected chi connectivity index (χ2v) is 4.85. The van der Waals surface area contributed by atoms with E-state index < -0.39 is 0 Å². The van der Waals surface area contributed by atoms with Crippen LogP contribution in [0.2, 0.25) is 0 Å². The fraction of sp³-hybridized carbons (Fsp3) is 0.462. The quantitative estimate of drug-likeness (QED) is 0.805. The number of aryl methyl sites for hydroxylation is 1. The maximum Gasteiger partial charge on any atom is 0.251 e. The summed E-state index contributed by atoms with van der Waals surface area (Å²) in [4.78, 5) is 12.0. The van der Waals surface area contributed by atoms with E-state index in [2.05, 4.69) is 5.32 Å². The van der Waals surface area contributed by atoms with Crippen LogP contribution in [0.15, 0.2) is 24.3 Å². The van der Waals surface area contributed by atoms with Gasteiger partial charge in [0, 0.05) is 11.4 Å². The van der Waals surface area contributed by atoms with Gasteiger partial charge in [-0.3, -0.25) is 4.79 Å². The van der Waals surface area contributed by atoms with Crippen LogP contribution in [0.3, 0.4) is 0 Å². The Hall–Kier alpha value is -1.02. The molecule has 2 nitrogen and oxygen atoms in total. The van der Waals surface area contributed by atoms with E-state index in [-0.39, 0.29) is 11.4 Å². The largest absolute Gasteiger partial charge is 0.345 e. The molecule has 1 aliphatic carbocycles. The van der Waals surface area contributed by atoms with E-state index in [4.69, 9.17) is 11.6 Å². The molecule has 1 aliphatic rings. The predicted molar refractivity (Wildman–Crippen MR) is 65.9 cm³/mol. The Kier molecular flexibility index (Phi) is 3.20. The summed E-state index contributed by atoms with van der Waals surface area (Å²) in [6, 6.07) is 7.60. The molecule has 0 aliphatic heterocycles. The van der Waals surface area contributed by atoms with Gasteiger partial charge in [0.2, 0.25) is 0 Å². The number of nitrogens with one attached hydrogen (secondary N) is 1. The molecule has 1 N–H and O–H groups in total. The van der Waals surface area contributed by atoms with Crippen LogP contribution >= 0.6 is 11.6 Å². The molecular formula is C13H16ClNO. The third kappa shape index (κ3) is 2.22. The number of hydrogen-bond donors (Lipinski definition) is 1. The third-order valence-corrected chi connectivity index (χ3v) is 3.77. The molecule has 3 heteroatoms. The molecule has 0 spiro atoms. The summed E-state index contributed by atoms with van der Waals surface area (Å²) in [5.74, 6) is 0.491. The number of amides is 1. The summed E-state index contributed by atoms with van der Waals surface area (Å²) < 4.78 is 0. The summed E-state index contributed by atoms with van der Waals surface area (Å²) in [5.41, 5.74) is 1.72. The fourth-order valence-corrected chi connectivity index (χ4v) is 2.25. The highest BCUT2D eigenvalue weighted by Crippen LogP contribution is 2.33. The van der Waals surface area contributed by atoms with Crippen molar-refractivity contribution in [2.24, 2.45) is 0 Å². The highest BCUT2D eigenvalue weighted by Gasteiger charge is 2.37. The molecular weight excluding hydrogens is 222 g/mol. The number of carbonyl (C=O) groups is 1. The van der Waals surface area contributed by atoms with Crippen molar-refractivity contribution in [3.63, 3.8) is 0 Å². The first-order chi connectivity index (χ1) is 7.65. The Labute approximate surface area is 101 Å². The topological polar surface area (TPSA) is 29.1 Å². The van der Waals surface area contributed by atoms with Crippen LogP contribution in [0.1, 0.15) is 35.2 Å². The van der Waals surface area contributed by atoms with E-state index in [0.717, 1.165) is 24.8 Å². The Balaban J connectivity index is 2.05. The Morgan fingerprint density at radius 2 is 2.00 bits per heavy atom. The molecule has 2 rings (SSSR count). The van der Waals surface area contributed by atoms with Gasteiger partial charge < -0.3 is 5.32 Å². The summed E-state index contributed by atoms with van der Waals surface area (Å²) in [6.07, 6.45) is 3.14. The minimum Gasteiger partial charge on any atom is -0.345 e. The number of hydrogen-bond acceptors (Lipinski definition) is 1. The SMILES string of the molecule is Cc1ccc(C(=O)NC2(CCl)CCC2)cc1. The van der Waals surface area contributed by atoms with Crippen LogP contribution in [-0.4, -0.2) is 17.3 Å². The lowest BCUT2D eigenvalue weighted by molar-refractivity contribution is 0.0854. The van der Waals surface area contributed by atoms with Crippen LogP contribution in [0.5, 0.6) is 0 Å². The van der Waals surface area contributed by atoms with Crippen LogP contribution < -0.4 is 5.32 Å². The highest BCUT2D eigenvalue weighted by atomic mass is 35.5. The van der Waals surface area contributed by atoms with Crippen molar-refractivity contribution in [3.05, 3.63) is 35.4 Å². The van der Waals surface area contributed by atoms with Crippen LogP contribution in [-0.2, 0) is 0 Å². The summed E-state index contributed by atoms with van der Waals surface area (Å²) >= 11 is 5.90. The summed E-state index contributed by atoms with van der Waals surface area (Å²) in [7, 11) is 0. The Morgan fingerprint density at radius 1 is 1.38 bits per heavy atom. The lowest BCUT2D eigenvalue weighted by Gasteiger charge is -2.41. The minimum absolute atomic E-state index is 0.0136. The number of carbonyl (C=O) groups excluding carboxylic acids is 1. The second-order valence-electron chi connectivity index (χ2n) is 4.59. The monoisotopic (exact) mass is 237 g/mol. The van der Waals surface area contributed by atoms with Crippen molar-refractivity contribution in [3.8, 4) is 0 Å². The van der Waals surface area contributed by atoms with E-state index in [1.807, 2.05) is 31.2 Å². The van der Waals surface area contributed by atoms with Gasteiger partial charge in [-0.05, 0) is 38.3 Å². The van der Waals surface area contributed by atoms with Crippen molar-refractivity contribution in [1.82, 2.24) is 5.32 Å². The molecule has 0 saturated heterocycles. The van der Waals surface area contributed by atoms with Gasteiger partial charge in [0.1, 0.15) is 0 Å². The van der Waals surface area contributed by atoms with Crippen molar-refractivity contribution in [2.75, 3.05) is 5.88 Å². The number of rotatable bonds is 3. The maximum absolute atomic E-state index is 12.0. The van der Waals surface area contributed by atoms with E-state index in [0.29, 0.717) is 11.4 Å². The lowest BCUT2D eigenvalue weighted by Crippen LogP contribution is -2.55. The standard InChI is InChI=1S/C13H16ClNO/c1-10-3-5-11(6-4-10)12(16)15-13(9-14)7-2-8-13/h3-6H,2,7-9H2,1H3,(H,15,16). The molecule has 16 heavy (non-hydrogen) atoms. The van der Waals surface area contributed by atoms with Gasteiger partial charge in [-0.2, -0.15) is 0 Å². The van der Waals surface area contributed by atoms with Crippen LogP contribution in [0, 0.1) is 6.92 Å². The first-order valence-electron chi connectivity index (χ1n) is 5.60. The molecule has 0 bridgehead atoms. The zero-order valence-electron chi connectivity index (χ0n) is 9.42. The molecule has 0 atom stereocenters. The number of halogens is 1. The van der Waals surface area contributed by atoms with Gasteiger partial charge in [-0.25, -0.2) is 0 Å². The lowest BCUT2D eigenvalue weighted by atomic mass is 9.78. The Morgan fingerprint density at radius 3 is 2.44 bits per heavy atom. The molecule has 0 radical (unpaired) electrons. The van der Waals surface area contributed by atoms with Gasteiger partial charge in [0.05, 0.1) is 5.54 Å². The van der Waals surface area contributed by atoms with E-state index in [9.17, 15) is 4.79 Å². The van der Waals surface area contributed by atoms with Gasteiger partial charge >= 0.3 is 0 Å². The minimum atomic E-state index is -0.149. The van der Waals surface area contributed by atoms with E-state index >= 15 is 0 Å². The molecule has 86 valence electrons. The molecule has 0 aromatic heterocycles. The van der Waals surface area contributed by atoms with Crippen molar-refractivity contribution in [2.45, 2.75) is 31.7 Å². The molecule has 1 aromatic rings. The van der Waals surface area contributed by atoms with Crippen molar-refractivity contribution < 1.29 is 4.79 Å². The predicted octanol–water partition coefficient (Wildman–Crippen LogP) is 2.89. The smallest absolute Gasteiger partial charge is 0.251 e. The summed E-state index contributed by atoms with van der Waals surface area (Å²) in [6.45, 7) is 2.01. The van der Waals surface area contributed by atoms with Crippen molar-refractivity contribution in [1.29, 1.82) is 0 Å². The fourth-order valence-electron chi connectivity index (χ4n) is 1.91. The van der Waals surface area contributed by atoms with Crippen molar-refractivity contribution >= 4 is 17.5 Å². The molecule has 1 fully saturated rings. The molecule has 0 heterocycles. The Bertz CT molecular complexity index is 376.